The maximum Gasteiger partial charge on any atom is 0.230 e. The number of methoxy groups -OCH3 is 1. The van der Waals surface area contributed by atoms with Crippen LogP contribution in [0.15, 0.2) is 153 Å². The summed E-state index contributed by atoms with van der Waals surface area (Å²) in [7, 11) is 3.86. The van der Waals surface area contributed by atoms with E-state index in [-0.39, 0.29) is 69.5 Å². The number of benzene rings is 5. The minimum atomic E-state index is -0.113. The number of carbonyl (C=O) groups excluding carboxylic acids is 4. The molecule has 0 saturated carbocycles. The fourth-order valence-electron chi connectivity index (χ4n) is 22.3. The van der Waals surface area contributed by atoms with Gasteiger partial charge in [0.1, 0.15) is 5.75 Å². The van der Waals surface area contributed by atoms with E-state index < -0.39 is 0 Å². The number of hydrogen-bond acceptors (Lipinski definition) is 10. The fraction of sp³-hybridized carbons (Fsp3) is 0.471. The van der Waals surface area contributed by atoms with Gasteiger partial charge >= 0.3 is 0 Å². The highest BCUT2D eigenvalue weighted by Crippen LogP contribution is 2.53. The number of aromatic nitrogens is 5. The van der Waals surface area contributed by atoms with Crippen molar-refractivity contribution in [1.82, 2.24) is 69.4 Å². The summed E-state index contributed by atoms with van der Waals surface area (Å²) in [4.78, 5) is 87.3. The topological polar surface area (TPSA) is 194 Å². The van der Waals surface area contributed by atoms with E-state index in [9.17, 15) is 19.2 Å². The third-order valence-corrected chi connectivity index (χ3v) is 29.1. The summed E-state index contributed by atoms with van der Waals surface area (Å²) in [5, 5.41) is 10.1. The van der Waals surface area contributed by atoms with Gasteiger partial charge in [0.15, 0.2) is 0 Å². The lowest BCUT2D eigenvalue weighted by Crippen LogP contribution is -2.56. The Labute approximate surface area is 717 Å². The molecular formula is C102H132N14O5. The molecule has 1 unspecified atom stereocenters. The van der Waals surface area contributed by atoms with Gasteiger partial charge in [-0.15, -0.1) is 6.58 Å². The van der Waals surface area contributed by atoms with Crippen LogP contribution in [0.2, 0.25) is 0 Å². The van der Waals surface area contributed by atoms with Crippen molar-refractivity contribution in [2.24, 2.45) is 23.7 Å². The van der Waals surface area contributed by atoms with Crippen molar-refractivity contribution in [1.29, 1.82) is 0 Å². The first kappa shape index (κ1) is 85.9. The van der Waals surface area contributed by atoms with Crippen molar-refractivity contribution in [3.63, 3.8) is 0 Å². The average Bonchev–Trinajstić information content (AvgIpc) is 1.71. The zero-order valence-corrected chi connectivity index (χ0v) is 75.1. The van der Waals surface area contributed by atoms with Crippen LogP contribution in [-0.2, 0) is 51.3 Å². The smallest absolute Gasteiger partial charge is 0.230 e. The average molecular weight is 1630 g/mol. The lowest BCUT2D eigenvalue weighted by molar-refractivity contribution is -0.135. The van der Waals surface area contributed by atoms with Crippen LogP contribution in [0.5, 0.6) is 5.75 Å². The Morgan fingerprint density at radius 1 is 0.471 bits per heavy atom. The molecular weight excluding hydrogens is 1500 g/mol. The van der Waals surface area contributed by atoms with E-state index in [1.807, 2.05) is 31.7 Å². The number of nitrogens with one attached hydrogen (secondary N) is 6. The molecule has 0 radical (unpaired) electrons. The third kappa shape index (κ3) is 15.1. The van der Waals surface area contributed by atoms with Gasteiger partial charge in [0.25, 0.3) is 0 Å². The Bertz CT molecular complexity index is 5670. The highest BCUT2D eigenvalue weighted by Gasteiger charge is 2.50. The van der Waals surface area contributed by atoms with E-state index >= 15 is 0 Å². The summed E-state index contributed by atoms with van der Waals surface area (Å²) >= 11 is 0. The van der Waals surface area contributed by atoms with Gasteiger partial charge in [-0.3, -0.25) is 38.8 Å². The lowest BCUT2D eigenvalue weighted by Gasteiger charge is -2.50. The van der Waals surface area contributed by atoms with Gasteiger partial charge in [-0.2, -0.15) is 0 Å². The zero-order chi connectivity index (χ0) is 85.7. The number of likely N-dealkylation sites (N-methyl/N-ethyl adjacent to an activating group) is 2. The van der Waals surface area contributed by atoms with Crippen LogP contribution in [-0.4, -0.2) is 229 Å². The molecule has 4 amide bonds. The highest BCUT2D eigenvalue weighted by molar-refractivity contribution is 6.05. The Balaban J connectivity index is 0.000000119. The number of amides is 4. The maximum absolute atomic E-state index is 13.2. The molecule has 19 rings (SSSR count). The molecule has 19 nitrogen and oxygen atoms in total. The van der Waals surface area contributed by atoms with Crippen molar-refractivity contribution < 1.29 is 23.9 Å². The van der Waals surface area contributed by atoms with Gasteiger partial charge in [0, 0.05) is 204 Å². The van der Waals surface area contributed by atoms with Crippen molar-refractivity contribution >= 4 is 100 Å². The first-order valence-corrected chi connectivity index (χ1v) is 45.3. The molecule has 0 saturated heterocycles. The predicted octanol–water partition coefficient (Wildman–Crippen LogP) is 17.3. The number of H-pyrrole nitrogens is 5. The second kappa shape index (κ2) is 35.1. The number of aromatic amines is 5. The summed E-state index contributed by atoms with van der Waals surface area (Å²) < 4.78 is 5.25. The lowest BCUT2D eigenvalue weighted by atomic mass is 9.70. The molecule has 5 aromatic carbocycles. The second-order valence-electron chi connectivity index (χ2n) is 35.7. The predicted molar refractivity (Wildman–Crippen MR) is 498 cm³/mol. The van der Waals surface area contributed by atoms with Crippen LogP contribution in [0, 0.1) is 23.7 Å². The highest BCUT2D eigenvalue weighted by atomic mass is 16.5. The SMILES string of the molecule is C=CCN1C[C@H](C(=O)N(CC)CC)C=C2c3cccc4[nH]cc(c34)C[C@]21C.CCCN1C[C@H](C(=O)N(CC)CC)C=C2c3cccc4[nH]cc(c34)C[C@]21C.CCN(CC)C(=O)[C@@H]1C=C2c3cccc4[nH]cc(c34)C[C@@]2(C)N(C)C1.CCN(CC)C(=O)[C@@H]1C=C2c3cccc4[nH]cc(c34)C[C@@]2(C)N(CC)C1.COc1ccc2c3c([nH]c2c1)C(C)NCC3. The van der Waals surface area contributed by atoms with E-state index in [1.54, 1.807) is 7.11 Å². The molecule has 121 heavy (non-hydrogen) atoms. The molecule has 10 heterocycles. The molecule has 9 aliphatic rings. The molecule has 6 N–H and O–H groups in total. The number of fused-ring (bicyclic) bond motifs is 11. The summed E-state index contributed by atoms with van der Waals surface area (Å²) in [6, 6.07) is 32.6. The largest absolute Gasteiger partial charge is 0.497 e. The molecule has 4 aliphatic carbocycles. The number of carbonyl (C=O) groups is 4. The van der Waals surface area contributed by atoms with Gasteiger partial charge in [-0.1, -0.05) is 92.8 Å². The molecule has 10 aromatic rings. The first-order valence-electron chi connectivity index (χ1n) is 45.3. The second-order valence-corrected chi connectivity index (χ2v) is 35.7. The van der Waals surface area contributed by atoms with Gasteiger partial charge in [0.05, 0.1) is 30.8 Å². The molecule has 0 fully saturated rings. The van der Waals surface area contributed by atoms with E-state index in [4.69, 9.17) is 4.74 Å². The Morgan fingerprint density at radius 3 is 1.20 bits per heavy atom. The van der Waals surface area contributed by atoms with Crippen LogP contribution in [0.3, 0.4) is 0 Å². The van der Waals surface area contributed by atoms with Crippen LogP contribution < -0.4 is 10.1 Å². The van der Waals surface area contributed by atoms with Crippen LogP contribution in [0.25, 0.3) is 76.8 Å². The van der Waals surface area contributed by atoms with Gasteiger partial charge in [-0.05, 0) is 264 Å². The summed E-state index contributed by atoms with van der Waals surface area (Å²) in [5.41, 5.74) is 24.4. The molecule has 9 atom stereocenters. The number of rotatable bonds is 18. The number of nitrogens with zero attached hydrogens (tertiary/aromatic N) is 8. The van der Waals surface area contributed by atoms with Crippen LogP contribution in [0.4, 0.5) is 0 Å². The van der Waals surface area contributed by atoms with Crippen LogP contribution >= 0.6 is 0 Å². The third-order valence-electron chi connectivity index (χ3n) is 29.1. The van der Waals surface area contributed by atoms with Gasteiger partial charge in [0.2, 0.25) is 23.6 Å². The standard InChI is InChI=1S/C23H31N3O.C23H29N3O.C22H29N3O.C21H27N3O.C13H16N2O/c2*1-5-11-26-15-16(22(27)25(6-2)7-3)12-19-18-9-8-10-20-21(18)17(14-24-20)13-23(19,26)4;1-5-24(6-2)21(26)15-11-18-17-9-8-10-19-20(17)16(13-23-19)12-22(18,4)25(7-3)14-15;1-5-24(6-2)20(25)14-10-17-16-8-7-9-18-19(16)15(12-22-18)11-21(17,3)23(4)13-14;1-8-13-11(5-6-14-8)10-4-3-9(16-2)7-12(10)15-13/h8-10,12,14,16,24H,5-7,11,13,15H2,1-4H3;5,8-10,12,14,16,24H,1,6-7,11,13,15H2,2-4H3;8-11,13,15,23H,5-7,12,14H2,1-4H3;7-10,12,14,22H,5-6,11,13H2,1-4H3;3-4,7-8,14-15H,5-6H2,1-2H3/t2*16-,23-;15-,22-;14-,21-;/m1111./s1. The quantitative estimate of drug-likeness (QED) is 0.0450. The molecule has 0 bridgehead atoms. The zero-order valence-electron chi connectivity index (χ0n) is 75.1. The summed E-state index contributed by atoms with van der Waals surface area (Å²) in [6.45, 7) is 49.5. The van der Waals surface area contributed by atoms with Gasteiger partial charge < -0.3 is 54.6 Å². The normalized spacial score (nSPS) is 24.2. The summed E-state index contributed by atoms with van der Waals surface area (Å²) in [6.07, 6.45) is 25.8. The van der Waals surface area contributed by atoms with E-state index in [0.29, 0.717) is 6.04 Å². The van der Waals surface area contributed by atoms with E-state index in [0.717, 1.165) is 149 Å². The van der Waals surface area contributed by atoms with Crippen molar-refractivity contribution in [2.75, 3.05) is 119 Å². The van der Waals surface area contributed by atoms with Crippen molar-refractivity contribution in [3.8, 4) is 5.75 Å². The molecule has 5 aliphatic heterocycles. The van der Waals surface area contributed by atoms with E-state index in [1.165, 1.54) is 133 Å². The Kier molecular flexibility index (Phi) is 24.9. The monoisotopic (exact) mass is 1630 g/mol. The molecule has 19 heteroatoms. The molecule has 640 valence electrons. The minimum Gasteiger partial charge on any atom is -0.497 e. The first-order chi connectivity index (χ1) is 58.4. The number of hydrogen-bond donors (Lipinski definition) is 6. The Morgan fingerprint density at radius 2 is 0.826 bits per heavy atom. The molecule has 0 spiro atoms. The minimum absolute atomic E-state index is 0.0421. The summed E-state index contributed by atoms with van der Waals surface area (Å²) in [5.74, 6) is 1.62. The van der Waals surface area contributed by atoms with E-state index in [2.05, 4.69) is 301 Å². The van der Waals surface area contributed by atoms with Crippen molar-refractivity contribution in [2.45, 2.75) is 171 Å². The maximum atomic E-state index is 13.2. The van der Waals surface area contributed by atoms with Gasteiger partial charge in [-0.25, -0.2) is 0 Å². The molecule has 5 aromatic heterocycles. The number of ether oxygens (including phenoxy) is 1. The van der Waals surface area contributed by atoms with Crippen LogP contribution in [0.1, 0.15) is 172 Å². The van der Waals surface area contributed by atoms with Crippen molar-refractivity contribution in [3.05, 3.63) is 209 Å². The Hall–Kier alpha value is -10.0. The fourth-order valence-corrected chi connectivity index (χ4v) is 22.3.